The standard InChI is InChI=1S/C34H25Cl3FNO8S.C28H24FNO6/c1-44-39-18-29(38)32(46-34(41)25-13-11-21-7-3-5-9-23(21)15-25)30(47-48(42,43)31-17-27(36)26(35)16-28(31)37)19-45-33(40)24-12-10-20-6-2-4-8-22(20)14-24;1-34-30-16-24(29)26(36-28(33)23-13-11-19-7-3-5-9-21(19)15-23)25(31)17-35-27(32)22-12-10-18-6-2-4-8-20(18)14-22/h2-18,29-30,32H,19H2,1H3;2-16,24-26,31H,17H2,1H3/t29-,30-,32+;24-,25-,26+/m11/s1. The summed E-state index contributed by atoms with van der Waals surface area (Å²) >= 11 is 18.2. The maximum atomic E-state index is 15.8. The zero-order valence-corrected chi connectivity index (χ0v) is 47.4. The minimum absolute atomic E-state index is 0.0249. The van der Waals surface area contributed by atoms with Crippen molar-refractivity contribution in [3.8, 4) is 0 Å². The van der Waals surface area contributed by atoms with Gasteiger partial charge in [-0.25, -0.2) is 28.0 Å². The first-order chi connectivity index (χ1) is 40.4. The molecular formula is C62H49Cl3F2N2O14S. The summed E-state index contributed by atoms with van der Waals surface area (Å²) in [6.07, 6.45) is -10.4. The van der Waals surface area contributed by atoms with Crippen molar-refractivity contribution < 1.29 is 74.3 Å². The van der Waals surface area contributed by atoms with Gasteiger partial charge >= 0.3 is 23.9 Å². The first kappa shape index (κ1) is 61.5. The number of aliphatic hydroxyl groups is 1. The Labute approximate surface area is 494 Å². The number of oxime groups is 2. The van der Waals surface area contributed by atoms with Crippen LogP contribution in [0.3, 0.4) is 0 Å². The first-order valence-electron chi connectivity index (χ1n) is 25.3. The number of alkyl halides is 2. The second-order valence-corrected chi connectivity index (χ2v) is 21.1. The fraction of sp³-hybridized carbons (Fsp3) is 0.161. The van der Waals surface area contributed by atoms with Crippen LogP contribution in [0.4, 0.5) is 8.78 Å². The summed E-state index contributed by atoms with van der Waals surface area (Å²) < 4.78 is 84.7. The molecule has 0 aromatic heterocycles. The maximum Gasteiger partial charge on any atom is 0.338 e. The Morgan fingerprint density at radius 1 is 0.476 bits per heavy atom. The average molecular weight is 1220 g/mol. The van der Waals surface area contributed by atoms with E-state index >= 15 is 4.39 Å². The van der Waals surface area contributed by atoms with E-state index in [2.05, 4.69) is 20.0 Å². The predicted octanol–water partition coefficient (Wildman–Crippen LogP) is 12.8. The molecule has 6 atom stereocenters. The number of hydrogen-bond donors (Lipinski definition) is 1. The number of ether oxygens (including phenoxy) is 4. The van der Waals surface area contributed by atoms with Crippen LogP contribution in [-0.2, 0) is 42.9 Å². The van der Waals surface area contributed by atoms with Gasteiger partial charge < -0.3 is 33.7 Å². The second-order valence-electron chi connectivity index (χ2n) is 18.3. The highest BCUT2D eigenvalue weighted by molar-refractivity contribution is 7.87. The monoisotopic (exact) mass is 1220 g/mol. The molecule has 22 heteroatoms. The molecule has 0 saturated heterocycles. The Morgan fingerprint density at radius 3 is 1.23 bits per heavy atom. The van der Waals surface area contributed by atoms with Gasteiger partial charge in [-0.15, -0.1) is 0 Å². The molecule has 84 heavy (non-hydrogen) atoms. The lowest BCUT2D eigenvalue weighted by molar-refractivity contribution is -0.0594. The normalized spacial score (nSPS) is 13.8. The Balaban J connectivity index is 0.000000228. The Morgan fingerprint density at radius 2 is 0.821 bits per heavy atom. The first-order valence-corrected chi connectivity index (χ1v) is 27.9. The van der Waals surface area contributed by atoms with Gasteiger partial charge in [-0.1, -0.05) is 166 Å². The van der Waals surface area contributed by atoms with Gasteiger partial charge in [0.05, 0.1) is 49.8 Å². The SMILES string of the molecule is CON=C[C@@H](F)[C@H](OC(=O)c1ccc2ccccc2c1)[C@@H](COC(=O)c1ccc2ccccc2c1)OS(=O)(=O)c1cc(Cl)c(Cl)cc1Cl.CON=C[C@@H](F)[C@H](OC(=O)c1ccc2ccccc2c1)[C@H](O)COC(=O)c1ccc2ccccc2c1. The van der Waals surface area contributed by atoms with Crippen molar-refractivity contribution in [1.29, 1.82) is 0 Å². The number of fused-ring (bicyclic) bond motifs is 4. The van der Waals surface area contributed by atoms with Gasteiger partial charge in [0.25, 0.3) is 10.1 Å². The van der Waals surface area contributed by atoms with Crippen LogP contribution < -0.4 is 0 Å². The van der Waals surface area contributed by atoms with Gasteiger partial charge in [0.15, 0.2) is 30.7 Å². The molecule has 9 aromatic rings. The summed E-state index contributed by atoms with van der Waals surface area (Å²) in [5.74, 6) is -3.47. The second kappa shape index (κ2) is 28.6. The summed E-state index contributed by atoms with van der Waals surface area (Å²) in [7, 11) is -2.53. The van der Waals surface area contributed by atoms with E-state index in [1.165, 1.54) is 25.3 Å². The number of nitrogens with zero attached hydrogens (tertiary/aromatic N) is 2. The largest absolute Gasteiger partial charge is 0.459 e. The molecule has 0 unspecified atom stereocenters. The van der Waals surface area contributed by atoms with E-state index in [0.29, 0.717) is 11.6 Å². The molecule has 9 aromatic carbocycles. The molecule has 0 saturated carbocycles. The third-order valence-corrected chi connectivity index (χ3v) is 15.2. The van der Waals surface area contributed by atoms with Crippen LogP contribution in [0.1, 0.15) is 41.4 Å². The van der Waals surface area contributed by atoms with Gasteiger partial charge in [-0.05, 0) is 104 Å². The van der Waals surface area contributed by atoms with E-state index in [9.17, 15) is 37.1 Å². The number of hydrogen-bond acceptors (Lipinski definition) is 16. The van der Waals surface area contributed by atoms with Gasteiger partial charge in [0.1, 0.15) is 38.4 Å². The highest BCUT2D eigenvalue weighted by Crippen LogP contribution is 2.34. The molecule has 0 amide bonds. The average Bonchev–Trinajstić information content (AvgIpc) is 3.58. The minimum atomic E-state index is -4.90. The predicted molar refractivity (Wildman–Crippen MR) is 315 cm³/mol. The van der Waals surface area contributed by atoms with E-state index in [0.717, 1.165) is 63.2 Å². The highest BCUT2D eigenvalue weighted by atomic mass is 35.5. The van der Waals surface area contributed by atoms with Crippen molar-refractivity contribution in [2.45, 2.75) is 41.7 Å². The quantitative estimate of drug-likeness (QED) is 0.0177. The minimum Gasteiger partial charge on any atom is -0.459 e. The van der Waals surface area contributed by atoms with Gasteiger partial charge in [-0.3, -0.25) is 4.18 Å². The Bertz CT molecular complexity index is 4040. The molecule has 1 N–H and O–H groups in total. The highest BCUT2D eigenvalue weighted by Gasteiger charge is 2.40. The fourth-order valence-electron chi connectivity index (χ4n) is 8.43. The molecule has 16 nitrogen and oxygen atoms in total. The van der Waals surface area contributed by atoms with E-state index in [-0.39, 0.29) is 37.3 Å². The fourth-order valence-corrected chi connectivity index (χ4v) is 10.5. The number of halogens is 5. The van der Waals surface area contributed by atoms with Crippen LogP contribution in [0, 0.1) is 0 Å². The third kappa shape index (κ3) is 15.7. The summed E-state index contributed by atoms with van der Waals surface area (Å²) in [5, 5.41) is 23.4. The zero-order chi connectivity index (χ0) is 59.9. The summed E-state index contributed by atoms with van der Waals surface area (Å²) in [4.78, 5) is 60.4. The lowest BCUT2D eigenvalue weighted by atomic mass is 10.1. The molecule has 9 rings (SSSR count). The number of aliphatic hydroxyl groups excluding tert-OH is 1. The van der Waals surface area contributed by atoms with Crippen LogP contribution in [0.15, 0.2) is 197 Å². The van der Waals surface area contributed by atoms with Crippen molar-refractivity contribution in [2.24, 2.45) is 10.3 Å². The summed E-state index contributed by atoms with van der Waals surface area (Å²) in [6.45, 7) is -1.51. The smallest absolute Gasteiger partial charge is 0.338 e. The van der Waals surface area contributed by atoms with Gasteiger partial charge in [0.2, 0.25) is 0 Å². The number of rotatable bonds is 21. The number of carbonyl (C=O) groups is 4. The molecule has 0 heterocycles. The van der Waals surface area contributed by atoms with E-state index in [4.69, 9.17) is 57.9 Å². The van der Waals surface area contributed by atoms with Crippen molar-refractivity contribution in [3.63, 3.8) is 0 Å². The van der Waals surface area contributed by atoms with Crippen molar-refractivity contribution >= 4 is 124 Å². The Hall–Kier alpha value is -8.56. The maximum absolute atomic E-state index is 15.8. The van der Waals surface area contributed by atoms with Crippen LogP contribution >= 0.6 is 34.8 Å². The van der Waals surface area contributed by atoms with Gasteiger partial charge in [-0.2, -0.15) is 8.42 Å². The molecule has 0 aliphatic carbocycles. The van der Waals surface area contributed by atoms with E-state index in [1.54, 1.807) is 78.9 Å². The van der Waals surface area contributed by atoms with Gasteiger partial charge in [0, 0.05) is 0 Å². The van der Waals surface area contributed by atoms with Crippen LogP contribution in [-0.4, -0.2) is 114 Å². The topological polar surface area (TPSA) is 212 Å². The van der Waals surface area contributed by atoms with Crippen molar-refractivity contribution in [1.82, 2.24) is 0 Å². The molecule has 0 fully saturated rings. The van der Waals surface area contributed by atoms with Crippen LogP contribution in [0.5, 0.6) is 0 Å². The molecule has 0 spiro atoms. The molecule has 432 valence electrons. The lowest BCUT2D eigenvalue weighted by Crippen LogP contribution is -2.45. The van der Waals surface area contributed by atoms with Crippen LogP contribution in [0.25, 0.3) is 43.1 Å². The molecular weight excluding hydrogens is 1170 g/mol. The summed E-state index contributed by atoms with van der Waals surface area (Å²) in [5.41, 5.74) is 0.584. The molecule has 0 radical (unpaired) electrons. The lowest BCUT2D eigenvalue weighted by Gasteiger charge is -2.27. The van der Waals surface area contributed by atoms with Crippen molar-refractivity contribution in [3.05, 3.63) is 219 Å². The summed E-state index contributed by atoms with van der Waals surface area (Å²) in [6, 6.07) is 50.7. The van der Waals surface area contributed by atoms with Crippen LogP contribution in [0.2, 0.25) is 15.1 Å². The Kier molecular flexibility index (Phi) is 21.0. The molecule has 0 aliphatic heterocycles. The third-order valence-electron chi connectivity index (χ3n) is 12.7. The van der Waals surface area contributed by atoms with Crippen molar-refractivity contribution in [2.75, 3.05) is 27.4 Å². The molecule has 0 aliphatic rings. The van der Waals surface area contributed by atoms with E-state index in [1.807, 2.05) is 72.8 Å². The zero-order valence-electron chi connectivity index (χ0n) is 44.3. The number of esters is 4. The number of benzene rings is 9. The van der Waals surface area contributed by atoms with E-state index < -0.39 is 88.9 Å². The number of carbonyl (C=O) groups excluding carboxylic acids is 4. The molecule has 0 bridgehead atoms.